The van der Waals surface area contributed by atoms with Gasteiger partial charge in [0, 0.05) is 48.0 Å². The summed E-state index contributed by atoms with van der Waals surface area (Å²) in [6, 6.07) is -1.27. The van der Waals surface area contributed by atoms with Gasteiger partial charge in [-0.05, 0) is 44.5 Å². The van der Waals surface area contributed by atoms with E-state index in [1.807, 2.05) is 7.05 Å². The lowest BCUT2D eigenvalue weighted by Gasteiger charge is -2.49. The Labute approximate surface area is 248 Å². The fraction of sp³-hybridized carbons (Fsp3) is 0.542. The van der Waals surface area contributed by atoms with Crippen LogP contribution in [0.3, 0.4) is 0 Å². The predicted molar refractivity (Wildman–Crippen MR) is 151 cm³/mol. The fourth-order valence-corrected chi connectivity index (χ4v) is 7.32. The number of nitrogen functional groups attached to an aromatic ring is 1. The number of hydrogen-bond acceptors (Lipinski definition) is 14. The summed E-state index contributed by atoms with van der Waals surface area (Å²) in [6.07, 6.45) is 2.68. The number of aliphatic hydroxyl groups excluding tert-OH is 1. The first kappa shape index (κ1) is 29.9. The van der Waals surface area contributed by atoms with Crippen LogP contribution in [0.4, 0.5) is 5.13 Å². The highest BCUT2D eigenvalue weighted by Crippen LogP contribution is 2.41. The maximum absolute atomic E-state index is 13.3. The van der Waals surface area contributed by atoms with Gasteiger partial charge in [0.25, 0.3) is 11.8 Å². The van der Waals surface area contributed by atoms with E-state index in [2.05, 4.69) is 30.5 Å². The molecule has 0 saturated carbocycles. The maximum atomic E-state index is 13.3. The largest absolute Gasteiger partial charge is 0.477 e. The van der Waals surface area contributed by atoms with E-state index in [-0.39, 0.29) is 40.4 Å². The minimum Gasteiger partial charge on any atom is -0.477 e. The molecule has 4 aliphatic heterocycles. The minimum atomic E-state index is -1.33. The second-order valence-corrected chi connectivity index (χ2v) is 12.1. The number of thioether (sulfide) groups is 1. The van der Waals surface area contributed by atoms with E-state index in [1.165, 1.54) is 11.8 Å². The van der Waals surface area contributed by atoms with Crippen LogP contribution in [-0.4, -0.2) is 126 Å². The van der Waals surface area contributed by atoms with Crippen molar-refractivity contribution >= 4 is 57.8 Å². The average molecular weight is 622 g/mol. The van der Waals surface area contributed by atoms with Gasteiger partial charge in [0.1, 0.15) is 17.1 Å². The monoisotopic (exact) mass is 621 g/mol. The summed E-state index contributed by atoms with van der Waals surface area (Å²) < 4.78 is 3.83. The summed E-state index contributed by atoms with van der Waals surface area (Å²) >= 11 is 2.04. The Morgan fingerprint density at radius 3 is 2.81 bits per heavy atom. The Kier molecular flexibility index (Phi) is 8.78. The number of carbonyl (C=O) groups excluding carboxylic acids is 3. The number of amides is 3. The van der Waals surface area contributed by atoms with Gasteiger partial charge < -0.3 is 42.0 Å². The van der Waals surface area contributed by atoms with Crippen molar-refractivity contribution in [2.24, 2.45) is 5.16 Å². The van der Waals surface area contributed by atoms with Crippen molar-refractivity contribution in [3.8, 4) is 0 Å². The molecule has 1 aromatic rings. The first-order valence-electron chi connectivity index (χ1n) is 13.3. The molecule has 0 bridgehead atoms. The Bertz CT molecular complexity index is 1380. The van der Waals surface area contributed by atoms with Crippen molar-refractivity contribution in [3.63, 3.8) is 0 Å². The lowest BCUT2D eigenvalue weighted by molar-refractivity contribution is -0.150. The molecule has 3 unspecified atom stereocenters. The summed E-state index contributed by atoms with van der Waals surface area (Å²) in [5, 5.41) is 40.8. The van der Waals surface area contributed by atoms with Crippen LogP contribution in [0.1, 0.15) is 25.1 Å². The molecule has 5 heterocycles. The third kappa shape index (κ3) is 5.59. The average Bonchev–Trinajstić information content (AvgIpc) is 3.71. The first-order valence-corrected chi connectivity index (χ1v) is 15.1. The Morgan fingerprint density at radius 2 is 2.14 bits per heavy atom. The highest BCUT2D eigenvalue weighted by Gasteiger charge is 2.54. The zero-order valence-electron chi connectivity index (χ0n) is 22.5. The number of allylic oxidation sites excluding steroid dienone is 1. The van der Waals surface area contributed by atoms with Crippen LogP contribution in [0, 0.1) is 0 Å². The quantitative estimate of drug-likeness (QED) is 0.0488. The van der Waals surface area contributed by atoms with Crippen molar-refractivity contribution in [1.82, 2.24) is 35.1 Å². The Balaban J connectivity index is 1.27. The molecule has 42 heavy (non-hydrogen) atoms. The van der Waals surface area contributed by atoms with Crippen molar-refractivity contribution in [2.75, 3.05) is 38.2 Å². The number of β-lactam (4-membered cyclic amide) rings is 1. The number of nitrogens with zero attached hydrogens (tertiary/aromatic N) is 5. The first-order chi connectivity index (χ1) is 20.1. The molecule has 3 saturated heterocycles. The van der Waals surface area contributed by atoms with Gasteiger partial charge in [-0.25, -0.2) is 4.79 Å². The van der Waals surface area contributed by atoms with Crippen molar-refractivity contribution < 1.29 is 34.6 Å². The smallest absolute Gasteiger partial charge is 0.352 e. The van der Waals surface area contributed by atoms with Crippen LogP contribution < -0.4 is 21.7 Å². The van der Waals surface area contributed by atoms with E-state index in [1.54, 1.807) is 11.0 Å². The van der Waals surface area contributed by atoms with E-state index >= 15 is 0 Å². The molecular weight excluding hydrogens is 590 g/mol. The number of aliphatic hydroxyl groups is 1. The molecule has 0 aliphatic carbocycles. The molecule has 8 N–H and O–H groups in total. The number of hydrogen-bond donors (Lipinski definition) is 7. The molecule has 226 valence electrons. The third-order valence-corrected chi connectivity index (χ3v) is 9.54. The van der Waals surface area contributed by atoms with Gasteiger partial charge in [-0.15, -0.1) is 11.8 Å². The van der Waals surface area contributed by atoms with Gasteiger partial charge in [0.2, 0.25) is 17.4 Å². The van der Waals surface area contributed by atoms with Crippen LogP contribution in [0.15, 0.2) is 28.1 Å². The number of carboxylic acids is 1. The standard InChI is InChI=1S/C24H31N9O7S2/c1-26-4-2-14(34)13-7-12(8-27-13)32-5-3-10(20(32)36)6-11-9-41-22-16(21(37)33(22)17(11)23(38)39)28-19(35)15(30-40)18-29-24(25)42-31-18/h6,12-14,16,22,26-27,34,40H,2-5,7-9H2,1H3,(H,28,35)(H,38,39)(H2,25,29,31)/b10-6+,30-15-/t12?,13?,14?,16-,22-/m1/s1. The number of oxime groups is 1. The number of anilines is 1. The van der Waals surface area contributed by atoms with Gasteiger partial charge in [0.15, 0.2) is 5.13 Å². The van der Waals surface area contributed by atoms with Crippen molar-refractivity contribution in [1.29, 1.82) is 0 Å². The normalized spacial score (nSPS) is 27.9. The second-order valence-electron chi connectivity index (χ2n) is 10.2. The molecule has 16 nitrogen and oxygen atoms in total. The van der Waals surface area contributed by atoms with Gasteiger partial charge >= 0.3 is 5.97 Å². The van der Waals surface area contributed by atoms with Gasteiger partial charge in [-0.1, -0.05) is 5.16 Å². The predicted octanol–water partition coefficient (Wildman–Crippen LogP) is -2.10. The molecule has 0 radical (unpaired) electrons. The summed E-state index contributed by atoms with van der Waals surface area (Å²) in [7, 11) is 1.82. The number of carboxylic acid groups (broad SMARTS) is 1. The zero-order chi connectivity index (χ0) is 30.1. The molecule has 5 rings (SSSR count). The Hall–Kier alpha value is -3.58. The van der Waals surface area contributed by atoms with E-state index in [9.17, 15) is 34.6 Å². The van der Waals surface area contributed by atoms with E-state index in [0.29, 0.717) is 50.0 Å². The molecular formula is C24H31N9O7S2. The van der Waals surface area contributed by atoms with Crippen LogP contribution in [-0.2, 0) is 19.2 Å². The number of nitrogens with one attached hydrogen (secondary N) is 3. The van der Waals surface area contributed by atoms with Crippen LogP contribution in [0.2, 0.25) is 0 Å². The number of nitrogens with two attached hydrogens (primary N) is 1. The molecule has 18 heteroatoms. The lowest BCUT2D eigenvalue weighted by atomic mass is 10.0. The van der Waals surface area contributed by atoms with E-state index in [4.69, 9.17) is 5.73 Å². The number of aromatic nitrogens is 2. The summed E-state index contributed by atoms with van der Waals surface area (Å²) in [5.41, 5.74) is 5.54. The molecule has 4 aliphatic rings. The molecule has 1 aromatic heterocycles. The van der Waals surface area contributed by atoms with Gasteiger partial charge in [-0.2, -0.15) is 9.36 Å². The number of fused-ring (bicyclic) bond motifs is 1. The maximum Gasteiger partial charge on any atom is 0.352 e. The second kappa shape index (κ2) is 12.3. The van der Waals surface area contributed by atoms with Crippen molar-refractivity contribution in [2.45, 2.75) is 48.9 Å². The van der Waals surface area contributed by atoms with Crippen LogP contribution in [0.5, 0.6) is 0 Å². The fourth-order valence-electron chi connectivity index (χ4n) is 5.58. The van der Waals surface area contributed by atoms with Gasteiger partial charge in [0.05, 0.1) is 6.10 Å². The van der Waals surface area contributed by atoms with E-state index in [0.717, 1.165) is 16.4 Å². The topological polar surface area (TPSA) is 236 Å². The molecule has 0 aromatic carbocycles. The summed E-state index contributed by atoms with van der Waals surface area (Å²) in [6.45, 7) is 1.72. The third-order valence-electron chi connectivity index (χ3n) is 7.70. The van der Waals surface area contributed by atoms with Crippen LogP contribution in [0.25, 0.3) is 0 Å². The van der Waals surface area contributed by atoms with Crippen LogP contribution >= 0.6 is 23.3 Å². The number of carbonyl (C=O) groups is 4. The molecule has 3 fully saturated rings. The van der Waals surface area contributed by atoms with Crippen molar-refractivity contribution in [3.05, 3.63) is 28.7 Å². The van der Waals surface area contributed by atoms with E-state index < -0.39 is 41.0 Å². The molecule has 0 spiro atoms. The number of likely N-dealkylation sites (tertiary alicyclic amines) is 1. The molecule has 3 amide bonds. The number of rotatable bonds is 10. The lowest BCUT2D eigenvalue weighted by Crippen LogP contribution is -2.71. The highest BCUT2D eigenvalue weighted by atomic mass is 32.2. The minimum absolute atomic E-state index is 0.0533. The summed E-state index contributed by atoms with van der Waals surface area (Å²) in [5.74, 6) is -3.11. The Morgan fingerprint density at radius 1 is 1.36 bits per heavy atom. The SMILES string of the molecule is CNCCC(O)C1CC(N2CC/C(=C\C3=C(C(=O)O)N4C(=O)[C@@H](NC(=O)/C(=N\O)c5nsc(N)n5)[C@H]4SC3)C2=O)CN1. The van der Waals surface area contributed by atoms with Gasteiger partial charge in [-0.3, -0.25) is 19.3 Å². The molecule has 5 atom stereocenters. The number of aliphatic carboxylic acids is 1. The zero-order valence-corrected chi connectivity index (χ0v) is 24.2. The summed E-state index contributed by atoms with van der Waals surface area (Å²) in [4.78, 5) is 58.0. The highest BCUT2D eigenvalue weighted by molar-refractivity contribution is 8.00.